The quantitative estimate of drug-likeness (QED) is 0.216. The molecule has 0 fully saturated rings. The molecule has 7 nitrogen and oxygen atoms in total. The summed E-state index contributed by atoms with van der Waals surface area (Å²) >= 11 is 0. The molecule has 1 rings (SSSR count). The molecule has 0 aliphatic carbocycles. The fourth-order valence-corrected chi connectivity index (χ4v) is 1.26. The Balaban J connectivity index is 0. The molecule has 11 heteroatoms. The molecule has 0 aromatic carbocycles. The molecule has 1 atom stereocenters. The van der Waals surface area contributed by atoms with E-state index in [2.05, 4.69) is 11.6 Å². The van der Waals surface area contributed by atoms with Crippen LogP contribution in [0.1, 0.15) is 18.9 Å². The summed E-state index contributed by atoms with van der Waals surface area (Å²) in [6.45, 7) is 4.71. The van der Waals surface area contributed by atoms with Crippen LogP contribution in [0, 0.1) is 16.3 Å². The van der Waals surface area contributed by atoms with Gasteiger partial charge in [0, 0.05) is 43.5 Å². The van der Waals surface area contributed by atoms with Crippen molar-refractivity contribution >= 4 is 12.2 Å². The van der Waals surface area contributed by atoms with Crippen molar-refractivity contribution in [2.24, 2.45) is 0 Å². The number of rotatable bonds is 5. The van der Waals surface area contributed by atoms with Gasteiger partial charge in [-0.1, -0.05) is 12.1 Å². The van der Waals surface area contributed by atoms with Crippen molar-refractivity contribution in [2.45, 2.75) is 25.6 Å². The fourth-order valence-electron chi connectivity index (χ4n) is 1.26. The maximum Gasteiger partial charge on any atom is 0.399 e. The summed E-state index contributed by atoms with van der Waals surface area (Å²) in [4.78, 5) is 21.0. The Morgan fingerprint density at radius 2 is 2.13 bits per heavy atom. The van der Waals surface area contributed by atoms with Gasteiger partial charge in [0.2, 0.25) is 0 Å². The number of carbonyl (C=O) groups is 1. The van der Waals surface area contributed by atoms with Crippen LogP contribution in [-0.4, -0.2) is 27.6 Å². The van der Waals surface area contributed by atoms with Gasteiger partial charge in [-0.15, -0.1) is 6.58 Å². The van der Waals surface area contributed by atoms with Gasteiger partial charge in [0.1, 0.15) is 5.88 Å². The van der Waals surface area contributed by atoms with E-state index in [1.54, 1.807) is 0 Å². The zero-order valence-electron chi connectivity index (χ0n) is 11.7. The van der Waals surface area contributed by atoms with Gasteiger partial charge in [0.05, 0.1) is 6.10 Å². The van der Waals surface area contributed by atoms with Crippen LogP contribution in [0.2, 0.25) is 0 Å². The van der Waals surface area contributed by atoms with E-state index in [0.717, 1.165) is 0 Å². The Bertz CT molecular complexity index is 540. The molecule has 0 aliphatic rings. The van der Waals surface area contributed by atoms with Crippen molar-refractivity contribution < 1.29 is 53.2 Å². The number of nitrogens with zero attached hydrogens (tertiary/aromatic N) is 2. The summed E-state index contributed by atoms with van der Waals surface area (Å²) in [6, 6.07) is 0.350. The monoisotopic (exact) mass is 508 g/mol. The van der Waals surface area contributed by atoms with Crippen molar-refractivity contribution in [2.75, 3.05) is 0 Å². The summed E-state index contributed by atoms with van der Waals surface area (Å²) < 4.78 is 43.2. The first kappa shape index (κ1) is 23.3. The maximum absolute atomic E-state index is 12.8. The first-order valence-corrected chi connectivity index (χ1v) is 5.67. The van der Waals surface area contributed by atoms with E-state index in [1.807, 2.05) is 6.20 Å². The van der Waals surface area contributed by atoms with Crippen LogP contribution in [0.15, 0.2) is 18.7 Å². The third-order valence-electron chi connectivity index (χ3n) is 2.10. The molecule has 0 unspecified atom stereocenters. The van der Waals surface area contributed by atoms with Crippen molar-refractivity contribution in [1.82, 2.24) is 4.98 Å². The number of alkyl halides is 3. The van der Waals surface area contributed by atoms with E-state index in [-0.39, 0.29) is 26.9 Å². The van der Waals surface area contributed by atoms with Gasteiger partial charge < -0.3 is 14.8 Å². The first-order chi connectivity index (χ1) is 10.2. The largest absolute Gasteiger partial charge is 0.531 e. The van der Waals surface area contributed by atoms with E-state index in [0.29, 0.717) is 12.5 Å². The molecule has 0 spiro atoms. The molecule has 0 amide bonds. The predicted octanol–water partition coefficient (Wildman–Crippen LogP) is 2.85. The number of hydrogen-bond acceptors (Lipinski definition) is 5. The third-order valence-corrected chi connectivity index (χ3v) is 2.10. The number of pyridine rings is 1. The van der Waals surface area contributed by atoms with Gasteiger partial charge in [0.25, 0.3) is 6.47 Å². The van der Waals surface area contributed by atoms with Gasteiger partial charge in [0.15, 0.2) is 5.69 Å². The molecule has 0 saturated carbocycles. The van der Waals surface area contributed by atoms with Crippen LogP contribution in [0.4, 0.5) is 18.9 Å². The molecule has 0 saturated heterocycles. The average Bonchev–Trinajstić information content (AvgIpc) is 2.38. The zero-order valence-corrected chi connectivity index (χ0v) is 14.4. The summed E-state index contributed by atoms with van der Waals surface area (Å²) in [6.07, 6.45) is -1.69. The Labute approximate surface area is 143 Å². The second-order valence-corrected chi connectivity index (χ2v) is 3.79. The second kappa shape index (κ2) is 10.7. The zero-order chi connectivity index (χ0) is 17.3. The van der Waals surface area contributed by atoms with E-state index in [4.69, 9.17) is 14.6 Å². The van der Waals surface area contributed by atoms with Crippen molar-refractivity contribution in [3.63, 3.8) is 0 Å². The molecular formula is C12H12F3N2O5Re-. The standard InChI is InChI=1S/C11H10F3N2O3.CH2O2.Re/c1-3-4-7(2)19-10-9(11(12,13)14)5-8(6-15-10)16(17)18;2-1-3;/h3,5,7H,1,4H2,2H3;1H,(H,2,3);/q-1;;/t7-;;/m1../s1. The molecule has 1 radical (unpaired) electrons. The van der Waals surface area contributed by atoms with Crippen LogP contribution in [0.25, 0.3) is 0 Å². The fraction of sp³-hybridized carbons (Fsp3) is 0.333. The van der Waals surface area contributed by atoms with Crippen molar-refractivity contribution in [3.05, 3.63) is 40.6 Å². The third kappa shape index (κ3) is 8.27. The average molecular weight is 507 g/mol. The van der Waals surface area contributed by atoms with Gasteiger partial charge in [-0.25, -0.2) is 0 Å². The van der Waals surface area contributed by atoms with Gasteiger partial charge in [-0.2, -0.15) is 13.2 Å². The van der Waals surface area contributed by atoms with E-state index >= 15 is 0 Å². The number of aromatic nitrogens is 1. The van der Waals surface area contributed by atoms with Gasteiger partial charge in [-0.3, -0.25) is 14.9 Å². The molecule has 0 bridgehead atoms. The Kier molecular flexibility index (Phi) is 10.8. The van der Waals surface area contributed by atoms with Crippen molar-refractivity contribution in [3.8, 4) is 5.88 Å². The Morgan fingerprint density at radius 1 is 1.61 bits per heavy atom. The molecule has 1 N–H and O–H groups in total. The normalized spacial score (nSPS) is 11.1. The SMILES string of the molecule is C=CC[C@@H](C)Oc1n[c-]c([N+](=O)[O-])cc1C(F)(F)F.O=CO.[Re]. The van der Waals surface area contributed by atoms with Crippen LogP contribution < -0.4 is 4.74 Å². The summed E-state index contributed by atoms with van der Waals surface area (Å²) in [5, 5.41) is 17.3. The summed E-state index contributed by atoms with van der Waals surface area (Å²) in [7, 11) is 0. The van der Waals surface area contributed by atoms with E-state index in [9.17, 15) is 23.3 Å². The number of halogens is 3. The second-order valence-electron chi connectivity index (χ2n) is 3.79. The first-order valence-electron chi connectivity index (χ1n) is 5.67. The van der Waals surface area contributed by atoms with E-state index in [1.165, 1.54) is 13.0 Å². The van der Waals surface area contributed by atoms with Crippen LogP contribution in [0.5, 0.6) is 5.88 Å². The molecule has 1 aromatic rings. The minimum absolute atomic E-state index is 0. The topological polar surface area (TPSA) is 103 Å². The summed E-state index contributed by atoms with van der Waals surface area (Å²) in [5.41, 5.74) is -2.16. The van der Waals surface area contributed by atoms with Gasteiger partial charge in [-0.05, 0) is 6.92 Å². The number of ether oxygens (including phenoxy) is 1. The summed E-state index contributed by atoms with van der Waals surface area (Å²) in [5.74, 6) is -0.729. The number of carboxylic acid groups (broad SMARTS) is 1. The van der Waals surface area contributed by atoms with Crippen LogP contribution in [0.3, 0.4) is 0 Å². The van der Waals surface area contributed by atoms with Crippen LogP contribution >= 0.6 is 0 Å². The Morgan fingerprint density at radius 3 is 2.52 bits per heavy atom. The van der Waals surface area contributed by atoms with E-state index < -0.39 is 34.3 Å². The van der Waals surface area contributed by atoms with Gasteiger partial charge >= 0.3 is 6.18 Å². The van der Waals surface area contributed by atoms with Crippen molar-refractivity contribution in [1.29, 1.82) is 0 Å². The molecule has 23 heavy (non-hydrogen) atoms. The predicted molar refractivity (Wildman–Crippen MR) is 68.3 cm³/mol. The maximum atomic E-state index is 12.8. The molecule has 129 valence electrons. The minimum atomic E-state index is -4.80. The number of nitro groups is 1. The molecular weight excluding hydrogens is 495 g/mol. The Hall–Kier alpha value is -1.99. The minimum Gasteiger partial charge on any atom is -0.531 e. The molecule has 0 aliphatic heterocycles. The van der Waals surface area contributed by atoms with Crippen LogP contribution in [-0.2, 0) is 31.4 Å². The number of hydrogen-bond donors (Lipinski definition) is 1. The molecule has 1 aromatic heterocycles. The molecule has 1 heterocycles. The smallest absolute Gasteiger partial charge is 0.399 e.